The van der Waals surface area contributed by atoms with Crippen molar-refractivity contribution in [2.24, 2.45) is 5.92 Å². The van der Waals surface area contributed by atoms with Gasteiger partial charge in [-0.1, -0.05) is 6.92 Å². The van der Waals surface area contributed by atoms with Gasteiger partial charge in [0.2, 0.25) is 0 Å². The first kappa shape index (κ1) is 9.84. The van der Waals surface area contributed by atoms with Gasteiger partial charge in [0.25, 0.3) is 0 Å². The average Bonchev–Trinajstić information content (AvgIpc) is 2.90. The molecule has 1 saturated heterocycles. The Morgan fingerprint density at radius 1 is 1.62 bits per heavy atom. The fourth-order valence-corrected chi connectivity index (χ4v) is 2.98. The number of carbonyl (C=O) groups is 1. The molecule has 2 aromatic rings. The quantitative estimate of drug-likeness (QED) is 0.748. The molecule has 1 fully saturated rings. The van der Waals surface area contributed by atoms with Gasteiger partial charge in [0.1, 0.15) is 5.69 Å². The Morgan fingerprint density at radius 2 is 2.50 bits per heavy atom. The lowest BCUT2D eigenvalue weighted by Crippen LogP contribution is -2.20. The highest BCUT2D eigenvalue weighted by atomic mass is 32.1. The van der Waals surface area contributed by atoms with Crippen LogP contribution in [0.3, 0.4) is 0 Å². The van der Waals surface area contributed by atoms with Crippen LogP contribution >= 0.6 is 11.3 Å². The number of hydrogen-bond acceptors (Lipinski definition) is 4. The lowest BCUT2D eigenvalue weighted by Gasteiger charge is -2.15. The third-order valence-corrected chi connectivity index (χ3v) is 3.87. The Bertz CT molecular complexity index is 530. The molecule has 16 heavy (non-hydrogen) atoms. The van der Waals surface area contributed by atoms with Crippen molar-refractivity contribution < 1.29 is 4.79 Å². The summed E-state index contributed by atoms with van der Waals surface area (Å²) in [6.07, 6.45) is 3.99. The summed E-state index contributed by atoms with van der Waals surface area (Å²) in [5.41, 5.74) is 0.686. The molecule has 3 heterocycles. The molecule has 1 unspecified atom stereocenters. The number of aldehydes is 1. The zero-order valence-corrected chi connectivity index (χ0v) is 9.91. The normalized spacial score (nSPS) is 20.8. The van der Waals surface area contributed by atoms with E-state index in [0.717, 1.165) is 30.2 Å². The third kappa shape index (κ3) is 1.35. The predicted octanol–water partition coefficient (Wildman–Crippen LogP) is 2.05. The van der Waals surface area contributed by atoms with E-state index in [4.69, 9.17) is 0 Å². The Morgan fingerprint density at radius 3 is 3.19 bits per heavy atom. The van der Waals surface area contributed by atoms with Crippen LogP contribution in [0.4, 0.5) is 5.82 Å². The molecule has 0 bridgehead atoms. The first-order valence-corrected chi connectivity index (χ1v) is 6.33. The number of fused-ring (bicyclic) bond motifs is 1. The van der Waals surface area contributed by atoms with Crippen molar-refractivity contribution in [1.29, 1.82) is 0 Å². The van der Waals surface area contributed by atoms with Crippen LogP contribution in [0.2, 0.25) is 0 Å². The van der Waals surface area contributed by atoms with E-state index in [1.54, 1.807) is 11.3 Å². The molecule has 1 aliphatic rings. The highest BCUT2D eigenvalue weighted by Crippen LogP contribution is 2.27. The van der Waals surface area contributed by atoms with E-state index in [2.05, 4.69) is 16.8 Å². The predicted molar refractivity (Wildman–Crippen MR) is 64.5 cm³/mol. The summed E-state index contributed by atoms with van der Waals surface area (Å²) in [5.74, 6) is 1.55. The molecule has 0 amide bonds. The van der Waals surface area contributed by atoms with Crippen molar-refractivity contribution in [3.05, 3.63) is 17.3 Å². The van der Waals surface area contributed by atoms with Crippen LogP contribution < -0.4 is 4.90 Å². The molecule has 0 spiro atoms. The molecule has 0 aliphatic carbocycles. The number of aromatic nitrogens is 2. The second kappa shape index (κ2) is 3.59. The molecule has 0 N–H and O–H groups in total. The minimum Gasteiger partial charge on any atom is -0.354 e. The molecule has 0 radical (unpaired) electrons. The minimum absolute atomic E-state index is 0.686. The standard InChI is InChI=1S/C11H13N3OS/c1-8-2-3-13(6-8)10-9(7-15)14-4-5-16-11(14)12-10/h4-5,7-8H,2-3,6H2,1H3. The average molecular weight is 235 g/mol. The van der Waals surface area contributed by atoms with E-state index in [1.807, 2.05) is 16.0 Å². The molecule has 5 heteroatoms. The van der Waals surface area contributed by atoms with Gasteiger partial charge < -0.3 is 4.90 Å². The minimum atomic E-state index is 0.686. The maximum Gasteiger partial charge on any atom is 0.196 e. The summed E-state index contributed by atoms with van der Waals surface area (Å²) in [5, 5.41) is 1.95. The van der Waals surface area contributed by atoms with Crippen molar-refractivity contribution in [2.75, 3.05) is 18.0 Å². The summed E-state index contributed by atoms with van der Waals surface area (Å²) in [6.45, 7) is 4.25. The van der Waals surface area contributed by atoms with Gasteiger partial charge >= 0.3 is 0 Å². The zero-order chi connectivity index (χ0) is 11.1. The number of carbonyl (C=O) groups excluding carboxylic acids is 1. The second-order valence-corrected chi connectivity index (χ2v) is 5.21. The summed E-state index contributed by atoms with van der Waals surface area (Å²) < 4.78 is 1.87. The molecule has 0 saturated carbocycles. The van der Waals surface area contributed by atoms with Crippen molar-refractivity contribution >= 4 is 28.4 Å². The highest BCUT2D eigenvalue weighted by molar-refractivity contribution is 7.15. The summed E-state index contributed by atoms with van der Waals surface area (Å²) in [6, 6.07) is 0. The van der Waals surface area contributed by atoms with E-state index in [1.165, 1.54) is 6.42 Å². The van der Waals surface area contributed by atoms with E-state index >= 15 is 0 Å². The van der Waals surface area contributed by atoms with Gasteiger partial charge in [0.15, 0.2) is 17.1 Å². The first-order valence-electron chi connectivity index (χ1n) is 5.45. The van der Waals surface area contributed by atoms with Gasteiger partial charge in [0.05, 0.1) is 0 Å². The monoisotopic (exact) mass is 235 g/mol. The van der Waals surface area contributed by atoms with Crippen LogP contribution in [0, 0.1) is 5.92 Å². The van der Waals surface area contributed by atoms with Gasteiger partial charge in [-0.25, -0.2) is 4.98 Å². The maximum absolute atomic E-state index is 11.2. The smallest absolute Gasteiger partial charge is 0.196 e. The molecule has 1 atom stereocenters. The molecule has 84 valence electrons. The van der Waals surface area contributed by atoms with Gasteiger partial charge in [0, 0.05) is 24.7 Å². The molecule has 4 nitrogen and oxygen atoms in total. The van der Waals surface area contributed by atoms with Crippen LogP contribution in [-0.2, 0) is 0 Å². The molecular weight excluding hydrogens is 222 g/mol. The zero-order valence-electron chi connectivity index (χ0n) is 9.09. The number of hydrogen-bond donors (Lipinski definition) is 0. The molecule has 0 aromatic carbocycles. The topological polar surface area (TPSA) is 37.6 Å². The second-order valence-electron chi connectivity index (χ2n) is 4.33. The molecule has 1 aliphatic heterocycles. The molecular formula is C11H13N3OS. The highest BCUT2D eigenvalue weighted by Gasteiger charge is 2.24. The number of anilines is 1. The van der Waals surface area contributed by atoms with E-state index in [0.29, 0.717) is 11.6 Å². The Kier molecular flexibility index (Phi) is 2.21. The SMILES string of the molecule is CC1CCN(c2nc3sccn3c2C=O)C1. The Hall–Kier alpha value is -1.36. The third-order valence-electron chi connectivity index (χ3n) is 3.11. The van der Waals surface area contributed by atoms with E-state index < -0.39 is 0 Å². The van der Waals surface area contributed by atoms with Gasteiger partial charge in [-0.05, 0) is 12.3 Å². The van der Waals surface area contributed by atoms with Gasteiger partial charge in [-0.3, -0.25) is 9.20 Å². The van der Waals surface area contributed by atoms with Crippen molar-refractivity contribution in [3.8, 4) is 0 Å². The van der Waals surface area contributed by atoms with Crippen LogP contribution in [0.25, 0.3) is 4.96 Å². The summed E-state index contributed by atoms with van der Waals surface area (Å²) >= 11 is 1.56. The van der Waals surface area contributed by atoms with Crippen LogP contribution in [0.5, 0.6) is 0 Å². The van der Waals surface area contributed by atoms with Crippen molar-refractivity contribution in [3.63, 3.8) is 0 Å². The molecule has 3 rings (SSSR count). The van der Waals surface area contributed by atoms with Gasteiger partial charge in [-0.15, -0.1) is 11.3 Å². The van der Waals surface area contributed by atoms with Crippen molar-refractivity contribution in [2.45, 2.75) is 13.3 Å². The Labute approximate surface area is 97.5 Å². The first-order chi connectivity index (χ1) is 7.79. The summed E-state index contributed by atoms with van der Waals surface area (Å²) in [7, 11) is 0. The number of thiazole rings is 1. The summed E-state index contributed by atoms with van der Waals surface area (Å²) in [4.78, 5) is 18.8. The molecule has 2 aromatic heterocycles. The Balaban J connectivity index is 2.08. The fourth-order valence-electron chi connectivity index (χ4n) is 2.26. The van der Waals surface area contributed by atoms with E-state index in [-0.39, 0.29) is 0 Å². The van der Waals surface area contributed by atoms with Gasteiger partial charge in [-0.2, -0.15) is 0 Å². The van der Waals surface area contributed by atoms with Crippen LogP contribution in [0.15, 0.2) is 11.6 Å². The number of nitrogens with zero attached hydrogens (tertiary/aromatic N) is 3. The van der Waals surface area contributed by atoms with Crippen molar-refractivity contribution in [1.82, 2.24) is 9.38 Å². The fraction of sp³-hybridized carbons (Fsp3) is 0.455. The number of rotatable bonds is 2. The maximum atomic E-state index is 11.2. The van der Waals surface area contributed by atoms with Crippen LogP contribution in [0.1, 0.15) is 23.8 Å². The van der Waals surface area contributed by atoms with Crippen LogP contribution in [-0.4, -0.2) is 28.8 Å². The lowest BCUT2D eigenvalue weighted by atomic mass is 10.2. The lowest BCUT2D eigenvalue weighted by molar-refractivity contribution is 0.111. The largest absolute Gasteiger partial charge is 0.354 e. The number of imidazole rings is 1. The van der Waals surface area contributed by atoms with E-state index in [9.17, 15) is 4.79 Å².